The van der Waals surface area contributed by atoms with Crippen LogP contribution < -0.4 is 5.32 Å². The van der Waals surface area contributed by atoms with E-state index < -0.39 is 17.6 Å². The van der Waals surface area contributed by atoms with Gasteiger partial charge in [0.15, 0.2) is 0 Å². The van der Waals surface area contributed by atoms with Crippen molar-refractivity contribution in [1.29, 1.82) is 0 Å². The van der Waals surface area contributed by atoms with Crippen molar-refractivity contribution < 1.29 is 22.8 Å². The van der Waals surface area contributed by atoms with Gasteiger partial charge in [0.1, 0.15) is 0 Å². The molecule has 0 aliphatic heterocycles. The Kier molecular flexibility index (Phi) is 5.64. The summed E-state index contributed by atoms with van der Waals surface area (Å²) in [5.41, 5.74) is 0.565. The zero-order valence-corrected chi connectivity index (χ0v) is 16.5. The molecule has 0 aliphatic rings. The van der Waals surface area contributed by atoms with Gasteiger partial charge in [0.25, 0.3) is 11.8 Å². The molecule has 30 heavy (non-hydrogen) atoms. The number of aromatic nitrogens is 2. The molecule has 6 nitrogen and oxygen atoms in total. The smallest absolute Gasteiger partial charge is 0.345 e. The number of nitrogens with one attached hydrogen (secondary N) is 1. The predicted molar refractivity (Wildman–Crippen MR) is 106 cm³/mol. The molecule has 0 radical (unpaired) electrons. The highest BCUT2D eigenvalue weighted by molar-refractivity contribution is 6.09. The van der Waals surface area contributed by atoms with E-state index in [1.807, 2.05) is 0 Å². The number of carbonyl (C=O) groups is 2. The molecule has 0 fully saturated rings. The summed E-state index contributed by atoms with van der Waals surface area (Å²) in [5, 5.41) is 6.76. The third-order valence-corrected chi connectivity index (χ3v) is 4.48. The number of hydrogen-bond donors (Lipinski definition) is 1. The molecule has 3 aromatic rings. The number of carbonyl (C=O) groups excluding carboxylic acids is 2. The fourth-order valence-corrected chi connectivity index (χ4v) is 2.92. The van der Waals surface area contributed by atoms with E-state index in [1.54, 1.807) is 45.3 Å². The summed E-state index contributed by atoms with van der Waals surface area (Å²) in [5.74, 6) is -0.799. The lowest BCUT2D eigenvalue weighted by atomic mass is 10.1. The van der Waals surface area contributed by atoms with Gasteiger partial charge in [-0.25, -0.2) is 4.68 Å². The Bertz CT molecular complexity index is 1100. The van der Waals surface area contributed by atoms with Gasteiger partial charge in [-0.2, -0.15) is 18.3 Å². The number of anilines is 1. The van der Waals surface area contributed by atoms with Gasteiger partial charge >= 0.3 is 6.18 Å². The van der Waals surface area contributed by atoms with Crippen LogP contribution in [-0.4, -0.2) is 40.6 Å². The van der Waals surface area contributed by atoms with E-state index in [0.717, 1.165) is 12.1 Å². The highest BCUT2D eigenvalue weighted by Crippen LogP contribution is 2.30. The average molecular weight is 416 g/mol. The number of para-hydroxylation sites is 1. The molecule has 3 rings (SSSR count). The lowest BCUT2D eigenvalue weighted by Gasteiger charge is -2.14. The van der Waals surface area contributed by atoms with Crippen molar-refractivity contribution in [2.75, 3.05) is 19.4 Å². The minimum absolute atomic E-state index is 0.180. The summed E-state index contributed by atoms with van der Waals surface area (Å²) in [6, 6.07) is 11.2. The molecule has 2 amide bonds. The number of halogens is 3. The van der Waals surface area contributed by atoms with Crippen LogP contribution in [0.3, 0.4) is 0 Å². The Morgan fingerprint density at radius 1 is 1.03 bits per heavy atom. The van der Waals surface area contributed by atoms with Crippen LogP contribution in [0.4, 0.5) is 18.9 Å². The molecule has 1 heterocycles. The van der Waals surface area contributed by atoms with Crippen molar-refractivity contribution in [1.82, 2.24) is 14.7 Å². The van der Waals surface area contributed by atoms with Crippen molar-refractivity contribution in [3.8, 4) is 5.69 Å². The third kappa shape index (κ3) is 4.19. The molecule has 0 spiro atoms. The van der Waals surface area contributed by atoms with Gasteiger partial charge in [0.05, 0.1) is 40.0 Å². The Morgan fingerprint density at radius 2 is 1.73 bits per heavy atom. The Hall–Kier alpha value is -3.62. The quantitative estimate of drug-likeness (QED) is 0.695. The zero-order valence-electron chi connectivity index (χ0n) is 16.5. The first-order chi connectivity index (χ1) is 14.1. The average Bonchev–Trinajstić information content (AvgIpc) is 3.08. The standard InChI is InChI=1S/C21H19F3N4O2/c1-13-17(12-25-28(13)15-8-6-7-14(11-15)21(22,23)24)19(29)26-18-10-5-4-9-16(18)20(30)27(2)3/h4-12H,1-3H3,(H,26,29). The fourth-order valence-electron chi connectivity index (χ4n) is 2.92. The molecule has 0 saturated carbocycles. The van der Waals surface area contributed by atoms with Gasteiger partial charge < -0.3 is 10.2 Å². The van der Waals surface area contributed by atoms with Crippen LogP contribution in [-0.2, 0) is 6.18 Å². The van der Waals surface area contributed by atoms with Crippen molar-refractivity contribution in [3.63, 3.8) is 0 Å². The number of rotatable bonds is 4. The number of nitrogens with zero attached hydrogens (tertiary/aromatic N) is 3. The van der Waals surface area contributed by atoms with Crippen molar-refractivity contribution >= 4 is 17.5 Å². The molecule has 0 unspecified atom stereocenters. The normalized spacial score (nSPS) is 11.3. The van der Waals surface area contributed by atoms with Crippen LogP contribution in [0.25, 0.3) is 5.69 Å². The SMILES string of the molecule is Cc1c(C(=O)Nc2ccccc2C(=O)N(C)C)cnn1-c1cccc(C(F)(F)F)c1. The first kappa shape index (κ1) is 21.1. The van der Waals surface area contributed by atoms with Crippen LogP contribution in [0.1, 0.15) is 32.0 Å². The predicted octanol–water partition coefficient (Wildman–Crippen LogP) is 4.15. The summed E-state index contributed by atoms with van der Waals surface area (Å²) < 4.78 is 40.2. The summed E-state index contributed by atoms with van der Waals surface area (Å²) in [6.45, 7) is 1.58. The topological polar surface area (TPSA) is 67.2 Å². The Labute approximate surface area is 170 Å². The van der Waals surface area contributed by atoms with E-state index in [9.17, 15) is 22.8 Å². The van der Waals surface area contributed by atoms with E-state index >= 15 is 0 Å². The first-order valence-corrected chi connectivity index (χ1v) is 8.94. The van der Waals surface area contributed by atoms with Crippen molar-refractivity contribution in [2.24, 2.45) is 0 Å². The van der Waals surface area contributed by atoms with Gasteiger partial charge in [-0.1, -0.05) is 18.2 Å². The minimum Gasteiger partial charge on any atom is -0.345 e. The Balaban J connectivity index is 1.91. The van der Waals surface area contributed by atoms with Gasteiger partial charge in [0.2, 0.25) is 0 Å². The number of amides is 2. The largest absolute Gasteiger partial charge is 0.416 e. The molecule has 1 N–H and O–H groups in total. The lowest BCUT2D eigenvalue weighted by molar-refractivity contribution is -0.137. The second-order valence-electron chi connectivity index (χ2n) is 6.80. The molecule has 2 aromatic carbocycles. The molecule has 9 heteroatoms. The zero-order chi connectivity index (χ0) is 22.1. The number of hydrogen-bond acceptors (Lipinski definition) is 3. The van der Waals surface area contributed by atoms with E-state index in [4.69, 9.17) is 0 Å². The van der Waals surface area contributed by atoms with Crippen LogP contribution in [0, 0.1) is 6.92 Å². The van der Waals surface area contributed by atoms with Crippen LogP contribution in [0.2, 0.25) is 0 Å². The molecule has 0 atom stereocenters. The van der Waals surface area contributed by atoms with Crippen molar-refractivity contribution in [3.05, 3.63) is 77.1 Å². The molecule has 0 aliphatic carbocycles. The lowest BCUT2D eigenvalue weighted by Crippen LogP contribution is -2.24. The van der Waals surface area contributed by atoms with Gasteiger partial charge in [-0.15, -0.1) is 0 Å². The second kappa shape index (κ2) is 8.02. The molecule has 0 bridgehead atoms. The van der Waals surface area contributed by atoms with Gasteiger partial charge in [0, 0.05) is 14.1 Å². The van der Waals surface area contributed by atoms with E-state index in [2.05, 4.69) is 10.4 Å². The molecule has 0 saturated heterocycles. The van der Waals surface area contributed by atoms with Crippen LogP contribution in [0.15, 0.2) is 54.7 Å². The fraction of sp³-hybridized carbons (Fsp3) is 0.190. The monoisotopic (exact) mass is 416 g/mol. The summed E-state index contributed by atoms with van der Waals surface area (Å²) in [4.78, 5) is 26.5. The molecule has 156 valence electrons. The highest BCUT2D eigenvalue weighted by atomic mass is 19.4. The highest BCUT2D eigenvalue weighted by Gasteiger charge is 2.30. The maximum atomic E-state index is 13.0. The second-order valence-corrected chi connectivity index (χ2v) is 6.80. The van der Waals surface area contributed by atoms with E-state index in [-0.39, 0.29) is 17.2 Å². The maximum Gasteiger partial charge on any atom is 0.416 e. The summed E-state index contributed by atoms with van der Waals surface area (Å²) in [7, 11) is 3.20. The molecular weight excluding hydrogens is 397 g/mol. The molecular formula is C21H19F3N4O2. The van der Waals surface area contributed by atoms with Crippen LogP contribution >= 0.6 is 0 Å². The Morgan fingerprint density at radius 3 is 2.40 bits per heavy atom. The van der Waals surface area contributed by atoms with Crippen LogP contribution in [0.5, 0.6) is 0 Å². The van der Waals surface area contributed by atoms with E-state index in [0.29, 0.717) is 16.9 Å². The summed E-state index contributed by atoms with van der Waals surface area (Å²) >= 11 is 0. The van der Waals surface area contributed by atoms with Gasteiger partial charge in [-0.3, -0.25) is 9.59 Å². The van der Waals surface area contributed by atoms with Gasteiger partial charge in [-0.05, 0) is 37.3 Å². The number of alkyl halides is 3. The number of benzene rings is 2. The summed E-state index contributed by atoms with van der Waals surface area (Å²) in [6.07, 6.45) is -3.21. The molecule has 1 aromatic heterocycles. The third-order valence-electron chi connectivity index (χ3n) is 4.48. The van der Waals surface area contributed by atoms with E-state index in [1.165, 1.54) is 27.9 Å². The minimum atomic E-state index is -4.49. The first-order valence-electron chi connectivity index (χ1n) is 8.94. The van der Waals surface area contributed by atoms with Crippen molar-refractivity contribution in [2.45, 2.75) is 13.1 Å². The maximum absolute atomic E-state index is 13.0.